The van der Waals surface area contributed by atoms with Crippen molar-refractivity contribution in [2.24, 2.45) is 0 Å². The molecular weight excluding hydrogens is 269 g/mol. The van der Waals surface area contributed by atoms with Gasteiger partial charge in [-0.25, -0.2) is 4.39 Å². The van der Waals surface area contributed by atoms with E-state index < -0.39 is 11.9 Å². The molecule has 0 fully saturated rings. The highest BCUT2D eigenvalue weighted by Gasteiger charge is 2.18. The summed E-state index contributed by atoms with van der Waals surface area (Å²) in [6.07, 6.45) is -0.904. The smallest absolute Gasteiger partial charge is 0.131 e. The summed E-state index contributed by atoms with van der Waals surface area (Å²) in [7, 11) is 0. The van der Waals surface area contributed by atoms with Crippen molar-refractivity contribution < 1.29 is 14.6 Å². The summed E-state index contributed by atoms with van der Waals surface area (Å²) in [4.78, 5) is 1.88. The first-order chi connectivity index (χ1) is 10.1. The fourth-order valence-corrected chi connectivity index (χ4v) is 2.42. The molecule has 0 aliphatic carbocycles. The van der Waals surface area contributed by atoms with Gasteiger partial charge in [0, 0.05) is 24.3 Å². The normalized spacial score (nSPS) is 12.2. The molecule has 0 amide bonds. The van der Waals surface area contributed by atoms with Crippen molar-refractivity contribution in [3.63, 3.8) is 0 Å². The predicted octanol–water partition coefficient (Wildman–Crippen LogP) is 2.88. The highest BCUT2D eigenvalue weighted by atomic mass is 19.1. The molecule has 0 bridgehead atoms. The standard InChI is InChI=1S/C17H20FNO2/c1-13(21)17-15(18)8-5-9-16(17)19(10-11-20)12-14-6-3-2-4-7-14/h2-9,13,20-21H,10-12H2,1H3/t13-/m1/s1. The van der Waals surface area contributed by atoms with Crippen molar-refractivity contribution in [2.45, 2.75) is 19.6 Å². The Kier molecular flexibility index (Phi) is 5.31. The van der Waals surface area contributed by atoms with Gasteiger partial charge in [-0.3, -0.25) is 0 Å². The van der Waals surface area contributed by atoms with Crippen LogP contribution in [0.15, 0.2) is 48.5 Å². The summed E-state index contributed by atoms with van der Waals surface area (Å²) in [5.41, 5.74) is 1.94. The molecule has 0 radical (unpaired) electrons. The van der Waals surface area contributed by atoms with Crippen molar-refractivity contribution in [3.8, 4) is 0 Å². The van der Waals surface area contributed by atoms with Gasteiger partial charge >= 0.3 is 0 Å². The first-order valence-corrected chi connectivity index (χ1v) is 6.99. The van der Waals surface area contributed by atoms with Crippen LogP contribution in [0, 0.1) is 5.82 Å². The Balaban J connectivity index is 2.36. The second-order valence-electron chi connectivity index (χ2n) is 4.98. The molecule has 112 valence electrons. The third kappa shape index (κ3) is 3.80. The number of anilines is 1. The van der Waals surface area contributed by atoms with E-state index in [-0.39, 0.29) is 12.2 Å². The second-order valence-corrected chi connectivity index (χ2v) is 4.98. The van der Waals surface area contributed by atoms with Gasteiger partial charge in [-0.15, -0.1) is 0 Å². The minimum Gasteiger partial charge on any atom is -0.395 e. The molecule has 0 saturated heterocycles. The Morgan fingerprint density at radius 2 is 1.81 bits per heavy atom. The number of nitrogens with zero attached hydrogens (tertiary/aromatic N) is 1. The lowest BCUT2D eigenvalue weighted by Crippen LogP contribution is -2.27. The quantitative estimate of drug-likeness (QED) is 0.859. The van der Waals surface area contributed by atoms with Gasteiger partial charge in [-0.05, 0) is 24.6 Å². The zero-order valence-electron chi connectivity index (χ0n) is 12.0. The maximum Gasteiger partial charge on any atom is 0.131 e. The van der Waals surface area contributed by atoms with Crippen LogP contribution in [0.1, 0.15) is 24.2 Å². The number of hydrogen-bond donors (Lipinski definition) is 2. The van der Waals surface area contributed by atoms with E-state index >= 15 is 0 Å². The molecule has 2 aromatic carbocycles. The molecule has 0 aromatic heterocycles. The van der Waals surface area contributed by atoms with Gasteiger partial charge < -0.3 is 15.1 Å². The van der Waals surface area contributed by atoms with E-state index in [1.165, 1.54) is 6.07 Å². The predicted molar refractivity (Wildman–Crippen MR) is 81.6 cm³/mol. The fourth-order valence-electron chi connectivity index (χ4n) is 2.42. The summed E-state index contributed by atoms with van der Waals surface area (Å²) in [5.74, 6) is -0.432. The monoisotopic (exact) mass is 289 g/mol. The van der Waals surface area contributed by atoms with E-state index in [2.05, 4.69) is 0 Å². The molecule has 2 N–H and O–H groups in total. The van der Waals surface area contributed by atoms with Gasteiger partial charge in [-0.1, -0.05) is 36.4 Å². The minimum absolute atomic E-state index is 0.0391. The maximum atomic E-state index is 14.0. The topological polar surface area (TPSA) is 43.7 Å². The van der Waals surface area contributed by atoms with Crippen molar-refractivity contribution in [3.05, 3.63) is 65.5 Å². The van der Waals surface area contributed by atoms with Crippen LogP contribution in [0.4, 0.5) is 10.1 Å². The number of hydrogen-bond acceptors (Lipinski definition) is 3. The van der Waals surface area contributed by atoms with Crippen LogP contribution >= 0.6 is 0 Å². The number of aliphatic hydroxyl groups excluding tert-OH is 2. The maximum absolute atomic E-state index is 14.0. The zero-order valence-corrected chi connectivity index (χ0v) is 12.0. The van der Waals surface area contributed by atoms with Crippen molar-refractivity contribution >= 4 is 5.69 Å². The molecule has 21 heavy (non-hydrogen) atoms. The van der Waals surface area contributed by atoms with Crippen molar-refractivity contribution in [1.82, 2.24) is 0 Å². The van der Waals surface area contributed by atoms with Crippen molar-refractivity contribution in [1.29, 1.82) is 0 Å². The number of aliphatic hydroxyl groups is 2. The van der Waals surface area contributed by atoms with Gasteiger partial charge in [0.15, 0.2) is 0 Å². The van der Waals surface area contributed by atoms with Crippen LogP contribution in [0.2, 0.25) is 0 Å². The fraction of sp³-hybridized carbons (Fsp3) is 0.294. The van der Waals surface area contributed by atoms with Gasteiger partial charge in [0.05, 0.1) is 12.7 Å². The summed E-state index contributed by atoms with van der Waals surface area (Å²) >= 11 is 0. The van der Waals surface area contributed by atoms with E-state index in [0.29, 0.717) is 18.8 Å². The zero-order chi connectivity index (χ0) is 15.2. The molecular formula is C17H20FNO2. The Morgan fingerprint density at radius 1 is 1.10 bits per heavy atom. The van der Waals surface area contributed by atoms with E-state index in [1.807, 2.05) is 35.2 Å². The number of benzene rings is 2. The second kappa shape index (κ2) is 7.20. The molecule has 0 spiro atoms. The lowest BCUT2D eigenvalue weighted by Gasteiger charge is -2.27. The minimum atomic E-state index is -0.904. The van der Waals surface area contributed by atoms with Crippen LogP contribution in [0.25, 0.3) is 0 Å². The first kappa shape index (κ1) is 15.5. The Morgan fingerprint density at radius 3 is 2.43 bits per heavy atom. The molecule has 0 aliphatic heterocycles. The van der Waals surface area contributed by atoms with Crippen LogP contribution in [0.5, 0.6) is 0 Å². The summed E-state index contributed by atoms with van der Waals surface area (Å²) in [6.45, 7) is 2.42. The Hall–Kier alpha value is -1.91. The largest absolute Gasteiger partial charge is 0.395 e. The Labute approximate surface area is 124 Å². The first-order valence-electron chi connectivity index (χ1n) is 6.99. The van der Waals surface area contributed by atoms with Crippen LogP contribution < -0.4 is 4.90 Å². The van der Waals surface area contributed by atoms with E-state index in [1.54, 1.807) is 19.1 Å². The summed E-state index contributed by atoms with van der Waals surface area (Å²) < 4.78 is 14.0. The van der Waals surface area contributed by atoms with Crippen LogP contribution in [-0.2, 0) is 6.54 Å². The van der Waals surface area contributed by atoms with Gasteiger partial charge in [0.25, 0.3) is 0 Å². The lowest BCUT2D eigenvalue weighted by molar-refractivity contribution is 0.194. The third-order valence-electron chi connectivity index (χ3n) is 3.37. The lowest BCUT2D eigenvalue weighted by atomic mass is 10.1. The molecule has 3 nitrogen and oxygen atoms in total. The molecule has 0 saturated carbocycles. The molecule has 0 unspecified atom stereocenters. The van der Waals surface area contributed by atoms with E-state index in [0.717, 1.165) is 5.56 Å². The van der Waals surface area contributed by atoms with Crippen LogP contribution in [-0.4, -0.2) is 23.4 Å². The average molecular weight is 289 g/mol. The van der Waals surface area contributed by atoms with E-state index in [4.69, 9.17) is 0 Å². The number of rotatable bonds is 6. The van der Waals surface area contributed by atoms with Gasteiger partial charge in [0.2, 0.25) is 0 Å². The SMILES string of the molecule is C[C@@H](O)c1c(F)cccc1N(CCO)Cc1ccccc1. The molecule has 2 aromatic rings. The molecule has 0 aliphatic rings. The van der Waals surface area contributed by atoms with E-state index in [9.17, 15) is 14.6 Å². The Bertz CT molecular complexity index is 572. The molecule has 1 atom stereocenters. The molecule has 0 heterocycles. The number of halogens is 1. The van der Waals surface area contributed by atoms with Crippen molar-refractivity contribution in [2.75, 3.05) is 18.1 Å². The van der Waals surface area contributed by atoms with Gasteiger partial charge in [0.1, 0.15) is 5.82 Å². The van der Waals surface area contributed by atoms with Gasteiger partial charge in [-0.2, -0.15) is 0 Å². The molecule has 2 rings (SSSR count). The molecule has 4 heteroatoms. The third-order valence-corrected chi connectivity index (χ3v) is 3.37. The summed E-state index contributed by atoms with van der Waals surface area (Å²) in [5, 5.41) is 19.1. The summed E-state index contributed by atoms with van der Waals surface area (Å²) in [6, 6.07) is 14.5. The highest BCUT2D eigenvalue weighted by Crippen LogP contribution is 2.29. The average Bonchev–Trinajstić information content (AvgIpc) is 2.47. The highest BCUT2D eigenvalue weighted by molar-refractivity contribution is 5.55. The van der Waals surface area contributed by atoms with Crippen LogP contribution in [0.3, 0.4) is 0 Å².